The molecule has 0 aromatic heterocycles. The average molecular weight is 351 g/mol. The molecule has 0 bridgehead atoms. The van der Waals surface area contributed by atoms with Gasteiger partial charge in [-0.3, -0.25) is 0 Å². The van der Waals surface area contributed by atoms with Crippen molar-refractivity contribution >= 4 is 7.92 Å². The summed E-state index contributed by atoms with van der Waals surface area (Å²) in [6.07, 6.45) is 4.26. The first kappa shape index (κ1) is 16.8. The number of halogens is 1. The minimum Gasteiger partial charge on any atom is -0.108 e. The number of hydrogen-bond donors (Lipinski definition) is 0. The van der Waals surface area contributed by atoms with Crippen LogP contribution in [0.4, 0.5) is 0 Å². The Morgan fingerprint density at radius 3 is 1.11 bits per heavy atom. The fourth-order valence-corrected chi connectivity index (χ4v) is 2.01. The molecule has 0 N–H and O–H groups in total. The van der Waals surface area contributed by atoms with E-state index in [1.54, 1.807) is 0 Å². The van der Waals surface area contributed by atoms with Crippen molar-refractivity contribution in [3.63, 3.8) is 0 Å². The summed E-state index contributed by atoms with van der Waals surface area (Å²) in [6.45, 7) is 6.87. The third kappa shape index (κ3) is 9.46. The predicted molar refractivity (Wildman–Crippen MR) is 38.5 cm³/mol. The Bertz CT molecular complexity index is 34.5. The van der Waals surface area contributed by atoms with E-state index in [1.165, 1.54) is 18.5 Å². The van der Waals surface area contributed by atoms with Gasteiger partial charge in [-0.05, 0) is 18.5 Å². The van der Waals surface area contributed by atoms with Gasteiger partial charge in [0, 0.05) is 0 Å². The molecule has 0 amide bonds. The van der Waals surface area contributed by atoms with E-state index in [9.17, 15) is 0 Å². The summed E-state index contributed by atoms with van der Waals surface area (Å²) >= 11 is 0. The normalized spacial score (nSPS) is 8.00. The Labute approximate surface area is 81.9 Å². The zero-order valence-electron chi connectivity index (χ0n) is 6.25. The van der Waals surface area contributed by atoms with E-state index in [4.69, 9.17) is 0 Å². The van der Waals surface area contributed by atoms with Crippen molar-refractivity contribution in [3.8, 4) is 0 Å². The van der Waals surface area contributed by atoms with Gasteiger partial charge in [-0.15, -0.1) is 7.92 Å². The summed E-state index contributed by atoms with van der Waals surface area (Å²) in [6, 6.07) is 0. The van der Waals surface area contributed by atoms with Gasteiger partial charge in [-0.1, -0.05) is 20.8 Å². The second-order valence-corrected chi connectivity index (χ2v) is 4.86. The van der Waals surface area contributed by atoms with Crippen LogP contribution in [0.3, 0.4) is 0 Å². The van der Waals surface area contributed by atoms with Crippen LogP contribution < -0.4 is 0 Å². The van der Waals surface area contributed by atoms with Crippen molar-refractivity contribution in [1.29, 1.82) is 0 Å². The molecule has 0 spiro atoms. The van der Waals surface area contributed by atoms with Crippen LogP contribution in [0.1, 0.15) is 20.8 Å². The largest absolute Gasteiger partial charge is 1.00 e. The van der Waals surface area contributed by atoms with Gasteiger partial charge in [0.15, 0.2) is 0 Å². The maximum absolute atomic E-state index is 2.29. The number of hydrogen-bond acceptors (Lipinski definition) is 0. The third-order valence-corrected chi connectivity index (χ3v) is 4.02. The van der Waals surface area contributed by atoms with Gasteiger partial charge in [0.1, 0.15) is 0 Å². The quantitative estimate of drug-likeness (QED) is 0.542. The molecule has 2 radical (unpaired) electrons. The van der Waals surface area contributed by atoms with Crippen LogP contribution >= 0.6 is 7.92 Å². The van der Waals surface area contributed by atoms with Crippen LogP contribution in [-0.2, 0) is 22.4 Å². The van der Waals surface area contributed by atoms with Crippen molar-refractivity contribution in [2.45, 2.75) is 20.8 Å². The maximum Gasteiger partial charge on any atom is 1.00 e. The molecule has 0 aromatic carbocycles. The van der Waals surface area contributed by atoms with E-state index in [-0.39, 0.29) is 34.8 Å². The Kier molecular flexibility index (Phi) is 22.7. The SMILES string of the molecule is CCP(CC)CC.[Au+].[Cl+]. The molecule has 0 atom stereocenters. The molecule has 9 heavy (non-hydrogen) atoms. The van der Waals surface area contributed by atoms with E-state index in [1.807, 2.05) is 0 Å². The van der Waals surface area contributed by atoms with Crippen molar-refractivity contribution in [1.82, 2.24) is 0 Å². The second kappa shape index (κ2) is 12.2. The molecule has 3 heteroatoms. The Hall–Kier alpha value is 1.46. The van der Waals surface area contributed by atoms with Gasteiger partial charge in [0.2, 0.25) is 0 Å². The summed E-state index contributed by atoms with van der Waals surface area (Å²) < 4.78 is 0. The first-order valence-electron chi connectivity index (χ1n) is 3.07. The van der Waals surface area contributed by atoms with Gasteiger partial charge in [-0.2, -0.15) is 0 Å². The standard InChI is InChI=1S/C6H15P.Au.Cl/c1-4-7(5-2)6-3;;/h4-6H2,1-3H3;;/q;2*+1. The molecule has 0 aliphatic carbocycles. The zero-order chi connectivity index (χ0) is 5.70. The van der Waals surface area contributed by atoms with E-state index in [2.05, 4.69) is 20.8 Å². The van der Waals surface area contributed by atoms with E-state index in [0.717, 1.165) is 0 Å². The third-order valence-electron chi connectivity index (χ3n) is 1.34. The van der Waals surface area contributed by atoms with Crippen LogP contribution in [0.25, 0.3) is 0 Å². The molecule has 0 unspecified atom stereocenters. The summed E-state index contributed by atoms with van der Waals surface area (Å²) in [5.41, 5.74) is 0. The molecule has 0 rings (SSSR count). The molecule has 0 heterocycles. The van der Waals surface area contributed by atoms with Gasteiger partial charge in [0.25, 0.3) is 0 Å². The topological polar surface area (TPSA) is 0 Å². The predicted octanol–water partition coefficient (Wildman–Crippen LogP) is 2.53. The van der Waals surface area contributed by atoms with Crippen LogP contribution in [-0.4, -0.2) is 18.5 Å². The van der Waals surface area contributed by atoms with Gasteiger partial charge in [-0.25, -0.2) is 0 Å². The van der Waals surface area contributed by atoms with E-state index >= 15 is 0 Å². The van der Waals surface area contributed by atoms with Gasteiger partial charge in [0.05, 0.1) is 0 Å². The monoisotopic (exact) mass is 350 g/mol. The molecular formula is C6H15AuClP+2. The summed E-state index contributed by atoms with van der Waals surface area (Å²) in [4.78, 5) is 0. The Morgan fingerprint density at radius 1 is 0.889 bits per heavy atom. The smallest absolute Gasteiger partial charge is 0.108 e. The molecule has 0 aliphatic rings. The van der Waals surface area contributed by atoms with E-state index in [0.29, 0.717) is 7.92 Å². The zero-order valence-corrected chi connectivity index (χ0v) is 10.1. The van der Waals surface area contributed by atoms with Crippen LogP contribution in [0.2, 0.25) is 0 Å². The van der Waals surface area contributed by atoms with Crippen LogP contribution in [0.15, 0.2) is 0 Å². The molecule has 0 nitrogen and oxygen atoms in total. The molecule has 60 valence electrons. The maximum atomic E-state index is 2.29. The van der Waals surface area contributed by atoms with Crippen LogP contribution in [0.5, 0.6) is 0 Å². The van der Waals surface area contributed by atoms with Crippen molar-refractivity contribution < 1.29 is 34.8 Å². The fourth-order valence-electron chi connectivity index (χ4n) is 0.671. The Balaban J connectivity index is -0.000000180. The molecule has 0 aliphatic heterocycles. The molecule has 0 saturated carbocycles. The Morgan fingerprint density at radius 2 is 1.11 bits per heavy atom. The average Bonchev–Trinajstić information content (AvgIpc) is 1.72. The first-order valence-corrected chi connectivity index (χ1v) is 4.97. The molecule has 0 saturated heterocycles. The summed E-state index contributed by atoms with van der Waals surface area (Å²) in [5, 5.41) is 0. The van der Waals surface area contributed by atoms with E-state index < -0.39 is 0 Å². The fraction of sp³-hybridized carbons (Fsp3) is 1.00. The summed E-state index contributed by atoms with van der Waals surface area (Å²) in [7, 11) is 0.446. The molecular weight excluding hydrogens is 335 g/mol. The second-order valence-electron chi connectivity index (χ2n) is 1.62. The van der Waals surface area contributed by atoms with Gasteiger partial charge < -0.3 is 0 Å². The summed E-state index contributed by atoms with van der Waals surface area (Å²) in [5.74, 6) is 0. The first-order chi connectivity index (χ1) is 3.35. The van der Waals surface area contributed by atoms with Gasteiger partial charge >= 0.3 is 34.8 Å². The van der Waals surface area contributed by atoms with Crippen molar-refractivity contribution in [3.05, 3.63) is 0 Å². The van der Waals surface area contributed by atoms with Crippen molar-refractivity contribution in [2.75, 3.05) is 18.5 Å². The minimum atomic E-state index is 0. The minimum absolute atomic E-state index is 0. The van der Waals surface area contributed by atoms with Crippen molar-refractivity contribution in [2.24, 2.45) is 0 Å². The molecule has 0 fully saturated rings. The van der Waals surface area contributed by atoms with Crippen LogP contribution in [0, 0.1) is 12.4 Å². The molecule has 0 aromatic rings. The number of rotatable bonds is 3.